The van der Waals surface area contributed by atoms with Crippen LogP contribution >= 0.6 is 0 Å². The molecule has 2 N–H and O–H groups in total. The van der Waals surface area contributed by atoms with Gasteiger partial charge >= 0.3 is 5.69 Å². The van der Waals surface area contributed by atoms with Crippen LogP contribution in [-0.2, 0) is 11.3 Å². The van der Waals surface area contributed by atoms with Gasteiger partial charge in [-0.15, -0.1) is 0 Å². The van der Waals surface area contributed by atoms with Crippen molar-refractivity contribution in [1.82, 2.24) is 29.6 Å². The van der Waals surface area contributed by atoms with Crippen molar-refractivity contribution in [3.05, 3.63) is 74.4 Å². The van der Waals surface area contributed by atoms with E-state index in [1.165, 1.54) is 10.8 Å². The molecule has 9 heteroatoms. The van der Waals surface area contributed by atoms with Gasteiger partial charge in [0, 0.05) is 29.2 Å². The largest absolute Gasteiger partial charge is 0.348 e. The average Bonchev–Trinajstić information content (AvgIpc) is 3.02. The average molecular weight is 368 g/mol. The topological polar surface area (TPSA) is 115 Å². The van der Waals surface area contributed by atoms with Gasteiger partial charge in [0.25, 0.3) is 5.56 Å². The van der Waals surface area contributed by atoms with E-state index in [1.807, 2.05) is 32.0 Å². The zero-order valence-corrected chi connectivity index (χ0v) is 15.3. The second-order valence-electron chi connectivity index (χ2n) is 6.27. The summed E-state index contributed by atoms with van der Waals surface area (Å²) in [6.07, 6.45) is 4.74. The van der Waals surface area contributed by atoms with Gasteiger partial charge < -0.3 is 5.32 Å². The van der Waals surface area contributed by atoms with Crippen LogP contribution in [0.2, 0.25) is 0 Å². The maximum absolute atomic E-state index is 12.3. The van der Waals surface area contributed by atoms with Crippen LogP contribution in [0.5, 0.6) is 0 Å². The van der Waals surface area contributed by atoms with E-state index >= 15 is 0 Å². The van der Waals surface area contributed by atoms with Gasteiger partial charge in [0.15, 0.2) is 5.82 Å². The van der Waals surface area contributed by atoms with Crippen molar-refractivity contribution in [2.24, 2.45) is 0 Å². The number of H-pyrrole nitrogens is 1. The van der Waals surface area contributed by atoms with E-state index in [2.05, 4.69) is 20.4 Å². The Morgan fingerprint density at radius 1 is 1.30 bits per heavy atom. The van der Waals surface area contributed by atoms with Gasteiger partial charge in [0.1, 0.15) is 6.54 Å². The summed E-state index contributed by atoms with van der Waals surface area (Å²) in [4.78, 5) is 42.0. The molecule has 3 aromatic rings. The van der Waals surface area contributed by atoms with E-state index in [9.17, 15) is 14.4 Å². The molecule has 3 heterocycles. The number of aryl methyl sites for hydroxylation is 1. The first kappa shape index (κ1) is 18.3. The predicted octanol–water partition coefficient (Wildman–Crippen LogP) is 0.612. The summed E-state index contributed by atoms with van der Waals surface area (Å²) in [5.74, 6) is 0.344. The number of carbonyl (C=O) groups excluding carboxylic acids is 1. The molecule has 1 unspecified atom stereocenters. The third-order valence-corrected chi connectivity index (χ3v) is 4.26. The molecular formula is C18H20N6O3. The minimum absolute atomic E-state index is 0.186. The molecule has 0 aliphatic heterocycles. The Kier molecular flexibility index (Phi) is 5.02. The monoisotopic (exact) mass is 368 g/mol. The molecule has 1 amide bonds. The molecule has 0 fully saturated rings. The number of nitrogens with zero attached hydrogens (tertiary/aromatic N) is 4. The number of aromatic amines is 1. The highest BCUT2D eigenvalue weighted by molar-refractivity contribution is 5.76. The lowest BCUT2D eigenvalue weighted by atomic mass is 10.1. The first-order chi connectivity index (χ1) is 12.9. The van der Waals surface area contributed by atoms with Gasteiger partial charge in [-0.2, -0.15) is 5.10 Å². The van der Waals surface area contributed by atoms with Crippen LogP contribution in [-0.4, -0.2) is 30.2 Å². The van der Waals surface area contributed by atoms with E-state index in [0.29, 0.717) is 11.4 Å². The van der Waals surface area contributed by atoms with E-state index in [1.54, 1.807) is 24.0 Å². The van der Waals surface area contributed by atoms with Crippen molar-refractivity contribution in [2.45, 2.75) is 33.4 Å². The third-order valence-electron chi connectivity index (χ3n) is 4.26. The molecule has 0 aliphatic carbocycles. The zero-order chi connectivity index (χ0) is 19.6. The SMILES string of the molecule is Cc1cn(CC(=O)NC(C)c2cnn(-c3ccccn3)c2C)c(=O)[nH]c1=O. The number of aromatic nitrogens is 5. The predicted molar refractivity (Wildman–Crippen MR) is 98.7 cm³/mol. The number of nitrogens with one attached hydrogen (secondary N) is 2. The molecule has 9 nitrogen and oxygen atoms in total. The van der Waals surface area contributed by atoms with Gasteiger partial charge in [-0.1, -0.05) is 6.07 Å². The molecule has 3 rings (SSSR count). The van der Waals surface area contributed by atoms with Crippen LogP contribution in [0.25, 0.3) is 5.82 Å². The van der Waals surface area contributed by atoms with Crippen LogP contribution in [0, 0.1) is 13.8 Å². The molecule has 0 saturated heterocycles. The lowest BCUT2D eigenvalue weighted by molar-refractivity contribution is -0.122. The highest BCUT2D eigenvalue weighted by atomic mass is 16.2. The summed E-state index contributed by atoms with van der Waals surface area (Å²) in [7, 11) is 0. The summed E-state index contributed by atoms with van der Waals surface area (Å²) >= 11 is 0. The maximum atomic E-state index is 12.3. The van der Waals surface area contributed by atoms with Crippen molar-refractivity contribution in [1.29, 1.82) is 0 Å². The molecule has 0 radical (unpaired) electrons. The number of hydrogen-bond donors (Lipinski definition) is 2. The molecule has 0 aliphatic rings. The fourth-order valence-corrected chi connectivity index (χ4v) is 2.81. The quantitative estimate of drug-likeness (QED) is 0.685. The van der Waals surface area contributed by atoms with Crippen molar-refractivity contribution >= 4 is 5.91 Å². The second kappa shape index (κ2) is 7.40. The number of rotatable bonds is 5. The van der Waals surface area contributed by atoms with Gasteiger partial charge in [-0.3, -0.25) is 19.1 Å². The van der Waals surface area contributed by atoms with Gasteiger partial charge in [0.2, 0.25) is 5.91 Å². The molecule has 0 aromatic carbocycles. The van der Waals surface area contributed by atoms with Crippen molar-refractivity contribution in [3.8, 4) is 5.82 Å². The van der Waals surface area contributed by atoms with Crippen LogP contribution in [0.4, 0.5) is 0 Å². The number of pyridine rings is 1. The second-order valence-corrected chi connectivity index (χ2v) is 6.27. The lowest BCUT2D eigenvalue weighted by Gasteiger charge is -2.14. The lowest BCUT2D eigenvalue weighted by Crippen LogP contribution is -2.37. The number of hydrogen-bond acceptors (Lipinski definition) is 5. The Balaban J connectivity index is 1.74. The highest BCUT2D eigenvalue weighted by Gasteiger charge is 2.17. The highest BCUT2D eigenvalue weighted by Crippen LogP contribution is 2.19. The van der Waals surface area contributed by atoms with Crippen molar-refractivity contribution in [2.75, 3.05) is 0 Å². The Labute approximate surface area is 154 Å². The van der Waals surface area contributed by atoms with Crippen molar-refractivity contribution in [3.63, 3.8) is 0 Å². The minimum Gasteiger partial charge on any atom is -0.348 e. The van der Waals surface area contributed by atoms with Crippen LogP contribution < -0.4 is 16.6 Å². The summed E-state index contributed by atoms with van der Waals surface area (Å²) in [5, 5.41) is 7.19. The fraction of sp³-hybridized carbons (Fsp3) is 0.278. The first-order valence-corrected chi connectivity index (χ1v) is 8.42. The van der Waals surface area contributed by atoms with Crippen LogP contribution in [0.1, 0.15) is 29.8 Å². The molecule has 1 atom stereocenters. The summed E-state index contributed by atoms with van der Waals surface area (Å²) in [6.45, 7) is 5.12. The van der Waals surface area contributed by atoms with E-state index in [-0.39, 0.29) is 18.5 Å². The normalized spacial score (nSPS) is 12.0. The molecule has 0 bridgehead atoms. The smallest absolute Gasteiger partial charge is 0.328 e. The number of carbonyl (C=O) groups is 1. The van der Waals surface area contributed by atoms with Crippen molar-refractivity contribution < 1.29 is 4.79 Å². The molecule has 0 spiro atoms. The van der Waals surface area contributed by atoms with E-state index < -0.39 is 11.2 Å². The molecule has 140 valence electrons. The Morgan fingerprint density at radius 3 is 2.78 bits per heavy atom. The van der Waals surface area contributed by atoms with Gasteiger partial charge in [0.05, 0.1) is 12.2 Å². The summed E-state index contributed by atoms with van der Waals surface area (Å²) < 4.78 is 2.87. The Bertz CT molecular complexity index is 1080. The standard InChI is InChI=1S/C18H20N6O3/c1-11-9-23(18(27)22-17(11)26)10-16(25)21-12(2)14-8-20-24(13(14)3)15-6-4-5-7-19-15/h4-9,12H,10H2,1-3H3,(H,21,25)(H,22,26,27). The fourth-order valence-electron chi connectivity index (χ4n) is 2.81. The Hall–Kier alpha value is -3.49. The van der Waals surface area contributed by atoms with Crippen LogP contribution in [0.3, 0.4) is 0 Å². The molecular weight excluding hydrogens is 348 g/mol. The zero-order valence-electron chi connectivity index (χ0n) is 15.3. The maximum Gasteiger partial charge on any atom is 0.328 e. The first-order valence-electron chi connectivity index (χ1n) is 8.42. The number of amides is 1. The summed E-state index contributed by atoms with van der Waals surface area (Å²) in [5.41, 5.74) is 0.996. The summed E-state index contributed by atoms with van der Waals surface area (Å²) in [6, 6.07) is 5.23. The molecule has 3 aromatic heterocycles. The van der Waals surface area contributed by atoms with Gasteiger partial charge in [-0.25, -0.2) is 14.5 Å². The molecule has 27 heavy (non-hydrogen) atoms. The van der Waals surface area contributed by atoms with E-state index in [0.717, 1.165) is 11.3 Å². The minimum atomic E-state index is -0.618. The van der Waals surface area contributed by atoms with Crippen LogP contribution in [0.15, 0.2) is 46.4 Å². The molecule has 0 saturated carbocycles. The third kappa shape index (κ3) is 3.86. The Morgan fingerprint density at radius 2 is 2.07 bits per heavy atom. The van der Waals surface area contributed by atoms with E-state index in [4.69, 9.17) is 0 Å². The van der Waals surface area contributed by atoms with Gasteiger partial charge in [-0.05, 0) is 32.9 Å².